The summed E-state index contributed by atoms with van der Waals surface area (Å²) in [5, 5.41) is 6.44. The smallest absolute Gasteiger partial charge is 0.242 e. The molecule has 3 rings (SSSR count). The lowest BCUT2D eigenvalue weighted by Gasteiger charge is -2.38. The number of carbonyl (C=O) groups excluding carboxylic acids is 2. The highest BCUT2D eigenvalue weighted by Crippen LogP contribution is 2.38. The third-order valence-electron chi connectivity index (χ3n) is 4.81. The first-order chi connectivity index (χ1) is 11.1. The van der Waals surface area contributed by atoms with Gasteiger partial charge in [-0.2, -0.15) is 0 Å². The molecule has 124 valence electrons. The van der Waals surface area contributed by atoms with E-state index in [0.717, 1.165) is 23.4 Å². The zero-order valence-electron chi connectivity index (χ0n) is 12.9. The first kappa shape index (κ1) is 16.3. The van der Waals surface area contributed by atoms with E-state index in [1.165, 1.54) is 0 Å². The van der Waals surface area contributed by atoms with E-state index in [1.807, 2.05) is 24.3 Å². The van der Waals surface area contributed by atoms with Crippen LogP contribution in [0.2, 0.25) is 5.02 Å². The monoisotopic (exact) mass is 336 g/mol. The van der Waals surface area contributed by atoms with Gasteiger partial charge in [0, 0.05) is 36.6 Å². The molecule has 1 atom stereocenters. The van der Waals surface area contributed by atoms with Crippen molar-refractivity contribution in [3.05, 3.63) is 34.9 Å². The van der Waals surface area contributed by atoms with E-state index in [2.05, 4.69) is 10.6 Å². The van der Waals surface area contributed by atoms with Crippen LogP contribution in [0.25, 0.3) is 0 Å². The lowest BCUT2D eigenvalue weighted by atomic mass is 9.74. The topological polar surface area (TPSA) is 67.4 Å². The fourth-order valence-electron chi connectivity index (χ4n) is 3.39. The van der Waals surface area contributed by atoms with Crippen LogP contribution in [0.1, 0.15) is 31.2 Å². The Morgan fingerprint density at radius 2 is 2.09 bits per heavy atom. The minimum absolute atomic E-state index is 0.0583. The maximum atomic E-state index is 12.3. The molecule has 5 nitrogen and oxygen atoms in total. The SMILES string of the molecule is O=C1CC[C@H](C(=O)NCC2(c3ccccc3Cl)CCOCC2)N1. The van der Waals surface area contributed by atoms with Gasteiger partial charge in [-0.3, -0.25) is 9.59 Å². The minimum Gasteiger partial charge on any atom is -0.381 e. The predicted molar refractivity (Wildman–Crippen MR) is 87.4 cm³/mol. The molecule has 0 aromatic heterocycles. The summed E-state index contributed by atoms with van der Waals surface area (Å²) in [6.07, 6.45) is 2.61. The second kappa shape index (κ2) is 6.89. The molecule has 6 heteroatoms. The Morgan fingerprint density at radius 1 is 1.35 bits per heavy atom. The highest BCUT2D eigenvalue weighted by molar-refractivity contribution is 6.31. The first-order valence-electron chi connectivity index (χ1n) is 8.01. The van der Waals surface area contributed by atoms with Gasteiger partial charge in [0.1, 0.15) is 6.04 Å². The van der Waals surface area contributed by atoms with Crippen LogP contribution in [0.15, 0.2) is 24.3 Å². The zero-order chi connectivity index (χ0) is 16.3. The molecular formula is C17H21ClN2O3. The summed E-state index contributed by atoms with van der Waals surface area (Å²) in [5.74, 6) is -0.175. The Bertz CT molecular complexity index is 599. The Kier molecular flexibility index (Phi) is 4.87. The van der Waals surface area contributed by atoms with Gasteiger partial charge in [0.05, 0.1) is 0 Å². The van der Waals surface area contributed by atoms with Crippen LogP contribution in [0.5, 0.6) is 0 Å². The second-order valence-electron chi connectivity index (χ2n) is 6.25. The molecule has 0 unspecified atom stereocenters. The van der Waals surface area contributed by atoms with Gasteiger partial charge in [-0.25, -0.2) is 0 Å². The van der Waals surface area contributed by atoms with Crippen LogP contribution >= 0.6 is 11.6 Å². The van der Waals surface area contributed by atoms with Gasteiger partial charge in [0.2, 0.25) is 11.8 Å². The molecule has 2 aliphatic rings. The van der Waals surface area contributed by atoms with Gasteiger partial charge in [-0.15, -0.1) is 0 Å². The Morgan fingerprint density at radius 3 is 2.74 bits per heavy atom. The molecule has 2 amide bonds. The molecule has 0 radical (unpaired) electrons. The molecule has 2 fully saturated rings. The van der Waals surface area contributed by atoms with Gasteiger partial charge in [0.25, 0.3) is 0 Å². The van der Waals surface area contributed by atoms with Gasteiger partial charge >= 0.3 is 0 Å². The van der Waals surface area contributed by atoms with E-state index in [1.54, 1.807) is 0 Å². The van der Waals surface area contributed by atoms with Crippen molar-refractivity contribution in [3.63, 3.8) is 0 Å². The normalized spacial score (nSPS) is 23.3. The number of rotatable bonds is 4. The number of halogens is 1. The number of benzene rings is 1. The largest absolute Gasteiger partial charge is 0.381 e. The maximum Gasteiger partial charge on any atom is 0.242 e. The van der Waals surface area contributed by atoms with Crippen molar-refractivity contribution in [2.45, 2.75) is 37.1 Å². The predicted octanol–water partition coefficient (Wildman–Crippen LogP) is 1.78. The van der Waals surface area contributed by atoms with Crippen molar-refractivity contribution in [2.24, 2.45) is 0 Å². The summed E-state index contributed by atoms with van der Waals surface area (Å²) in [6, 6.07) is 7.37. The van der Waals surface area contributed by atoms with Crippen LogP contribution in [0.4, 0.5) is 0 Å². The third-order valence-corrected chi connectivity index (χ3v) is 5.14. The highest BCUT2D eigenvalue weighted by Gasteiger charge is 2.37. The second-order valence-corrected chi connectivity index (χ2v) is 6.66. The summed E-state index contributed by atoms with van der Waals surface area (Å²) in [5.41, 5.74) is 0.843. The lowest BCUT2D eigenvalue weighted by molar-refractivity contribution is -0.126. The number of amides is 2. The van der Waals surface area contributed by atoms with Crippen molar-refractivity contribution < 1.29 is 14.3 Å². The standard InChI is InChI=1S/C17H21ClN2O3/c18-13-4-2-1-3-12(13)17(7-9-23-10-8-17)11-19-16(22)14-5-6-15(21)20-14/h1-4,14H,5-11H2,(H,19,22)(H,20,21)/t14-/m1/s1. The Labute approximate surface area is 140 Å². The van der Waals surface area contributed by atoms with Gasteiger partial charge in [0.15, 0.2) is 0 Å². The van der Waals surface area contributed by atoms with Crippen molar-refractivity contribution in [1.29, 1.82) is 0 Å². The summed E-state index contributed by atoms with van der Waals surface area (Å²) < 4.78 is 5.49. The first-order valence-corrected chi connectivity index (χ1v) is 8.38. The van der Waals surface area contributed by atoms with Crippen LogP contribution in [-0.2, 0) is 19.7 Å². The van der Waals surface area contributed by atoms with E-state index in [4.69, 9.17) is 16.3 Å². The fraction of sp³-hybridized carbons (Fsp3) is 0.529. The lowest BCUT2D eigenvalue weighted by Crippen LogP contribution is -2.49. The van der Waals surface area contributed by atoms with E-state index in [9.17, 15) is 9.59 Å². The average Bonchev–Trinajstić information content (AvgIpc) is 3.00. The number of hydrogen-bond acceptors (Lipinski definition) is 3. The Hall–Kier alpha value is -1.59. The van der Waals surface area contributed by atoms with Crippen LogP contribution in [0.3, 0.4) is 0 Å². The zero-order valence-corrected chi connectivity index (χ0v) is 13.7. The van der Waals surface area contributed by atoms with Crippen LogP contribution in [0, 0.1) is 0 Å². The number of hydrogen-bond donors (Lipinski definition) is 2. The quantitative estimate of drug-likeness (QED) is 0.880. The maximum absolute atomic E-state index is 12.3. The van der Waals surface area contributed by atoms with Gasteiger partial charge in [-0.1, -0.05) is 29.8 Å². The summed E-state index contributed by atoms with van der Waals surface area (Å²) >= 11 is 6.40. The molecule has 1 aromatic carbocycles. The van der Waals surface area contributed by atoms with E-state index >= 15 is 0 Å². The van der Waals surface area contributed by atoms with Crippen molar-refractivity contribution >= 4 is 23.4 Å². The molecule has 0 spiro atoms. The van der Waals surface area contributed by atoms with E-state index in [-0.39, 0.29) is 17.2 Å². The number of nitrogens with one attached hydrogen (secondary N) is 2. The molecular weight excluding hydrogens is 316 g/mol. The van der Waals surface area contributed by atoms with E-state index < -0.39 is 6.04 Å². The Balaban J connectivity index is 1.74. The third kappa shape index (κ3) is 3.51. The molecule has 23 heavy (non-hydrogen) atoms. The molecule has 2 saturated heterocycles. The molecule has 0 bridgehead atoms. The van der Waals surface area contributed by atoms with E-state index in [0.29, 0.717) is 32.6 Å². The average molecular weight is 337 g/mol. The van der Waals surface area contributed by atoms with Crippen molar-refractivity contribution in [3.8, 4) is 0 Å². The molecule has 1 aromatic rings. The van der Waals surface area contributed by atoms with Crippen LogP contribution in [-0.4, -0.2) is 37.6 Å². The molecule has 0 saturated carbocycles. The van der Waals surface area contributed by atoms with Gasteiger partial charge in [-0.05, 0) is 30.9 Å². The molecule has 2 heterocycles. The van der Waals surface area contributed by atoms with Gasteiger partial charge < -0.3 is 15.4 Å². The number of ether oxygens (including phenoxy) is 1. The highest BCUT2D eigenvalue weighted by atomic mass is 35.5. The minimum atomic E-state index is -0.411. The molecule has 2 aliphatic heterocycles. The summed E-state index contributed by atoms with van der Waals surface area (Å²) in [6.45, 7) is 1.81. The summed E-state index contributed by atoms with van der Waals surface area (Å²) in [4.78, 5) is 23.6. The van der Waals surface area contributed by atoms with Crippen molar-refractivity contribution in [2.75, 3.05) is 19.8 Å². The number of carbonyl (C=O) groups is 2. The van der Waals surface area contributed by atoms with Crippen molar-refractivity contribution in [1.82, 2.24) is 10.6 Å². The summed E-state index contributed by atoms with van der Waals surface area (Å²) in [7, 11) is 0. The molecule has 0 aliphatic carbocycles. The molecule has 2 N–H and O–H groups in total. The fourth-order valence-corrected chi connectivity index (χ4v) is 3.72. The van der Waals surface area contributed by atoms with Crippen LogP contribution < -0.4 is 10.6 Å².